The van der Waals surface area contributed by atoms with Gasteiger partial charge in [-0.3, -0.25) is 4.79 Å². The van der Waals surface area contributed by atoms with Crippen molar-refractivity contribution in [1.82, 2.24) is 4.98 Å². The van der Waals surface area contributed by atoms with Crippen molar-refractivity contribution in [3.63, 3.8) is 0 Å². The van der Waals surface area contributed by atoms with Crippen molar-refractivity contribution >= 4 is 17.3 Å². The van der Waals surface area contributed by atoms with E-state index in [1.807, 2.05) is 12.3 Å². The van der Waals surface area contributed by atoms with Crippen LogP contribution in [-0.2, 0) is 9.53 Å². The zero-order valence-electron chi connectivity index (χ0n) is 6.74. The maximum atomic E-state index is 10.8. The lowest BCUT2D eigenvalue weighted by atomic mass is 10.2. The molecular formula is C8H9NO2S. The topological polar surface area (TPSA) is 39.2 Å². The first-order chi connectivity index (χ1) is 5.75. The molecule has 64 valence electrons. The Labute approximate surface area is 74.4 Å². The minimum atomic E-state index is -0.106. The van der Waals surface area contributed by atoms with Crippen LogP contribution in [0.15, 0.2) is 5.38 Å². The molecule has 3 nitrogen and oxygen atoms in total. The molecule has 12 heavy (non-hydrogen) atoms. The van der Waals surface area contributed by atoms with Gasteiger partial charge in [0.05, 0.1) is 10.7 Å². The maximum Gasteiger partial charge on any atom is 0.306 e. The van der Waals surface area contributed by atoms with Crippen molar-refractivity contribution in [2.24, 2.45) is 0 Å². The van der Waals surface area contributed by atoms with Gasteiger partial charge in [-0.25, -0.2) is 4.98 Å². The fourth-order valence-electron chi connectivity index (χ4n) is 1.26. The number of esters is 1. The van der Waals surface area contributed by atoms with E-state index in [9.17, 15) is 4.79 Å². The lowest BCUT2D eigenvalue weighted by Gasteiger charge is -2.03. The quantitative estimate of drug-likeness (QED) is 0.623. The number of nitrogens with zero attached hydrogens (tertiary/aromatic N) is 1. The predicted octanol–water partition coefficient (Wildman–Crippen LogP) is 1.83. The molecule has 1 saturated heterocycles. The molecule has 2 heterocycles. The van der Waals surface area contributed by atoms with Crippen molar-refractivity contribution in [3.05, 3.63) is 16.1 Å². The molecule has 0 saturated carbocycles. The molecule has 1 aliphatic rings. The molecule has 0 aliphatic carbocycles. The molecule has 0 N–H and O–H groups in total. The molecule has 0 radical (unpaired) electrons. The maximum absolute atomic E-state index is 10.8. The Morgan fingerprint density at radius 1 is 1.75 bits per heavy atom. The average molecular weight is 183 g/mol. The molecular weight excluding hydrogens is 174 g/mol. The fourth-order valence-corrected chi connectivity index (χ4v) is 1.92. The van der Waals surface area contributed by atoms with Gasteiger partial charge in [0.1, 0.15) is 6.10 Å². The zero-order chi connectivity index (χ0) is 8.55. The number of aryl methyl sites for hydroxylation is 1. The highest BCUT2D eigenvalue weighted by atomic mass is 32.1. The van der Waals surface area contributed by atoms with Crippen LogP contribution in [0.3, 0.4) is 0 Å². The molecule has 0 spiro atoms. The molecule has 1 aromatic rings. The van der Waals surface area contributed by atoms with E-state index in [0.717, 1.165) is 17.1 Å². The first-order valence-corrected chi connectivity index (χ1v) is 4.75. The second-order valence-corrected chi connectivity index (χ2v) is 3.87. The smallest absolute Gasteiger partial charge is 0.306 e. The summed E-state index contributed by atoms with van der Waals surface area (Å²) in [6.07, 6.45) is 1.23. The van der Waals surface area contributed by atoms with E-state index in [1.54, 1.807) is 11.3 Å². The molecule has 2 rings (SSSR count). The van der Waals surface area contributed by atoms with Crippen LogP contribution >= 0.6 is 11.3 Å². The van der Waals surface area contributed by atoms with Gasteiger partial charge in [0.25, 0.3) is 0 Å². The monoisotopic (exact) mass is 183 g/mol. The standard InChI is InChI=1S/C8H9NO2S/c1-5-9-6(4-12-5)7-2-3-8(10)11-7/h4,7H,2-3H2,1H3. The lowest BCUT2D eigenvalue weighted by Crippen LogP contribution is -1.98. The summed E-state index contributed by atoms with van der Waals surface area (Å²) >= 11 is 1.59. The van der Waals surface area contributed by atoms with Crippen molar-refractivity contribution in [2.45, 2.75) is 25.9 Å². The number of carbonyl (C=O) groups excluding carboxylic acids is 1. The highest BCUT2D eigenvalue weighted by Gasteiger charge is 2.26. The molecule has 0 amide bonds. The van der Waals surface area contributed by atoms with Crippen LogP contribution in [0, 0.1) is 6.92 Å². The van der Waals surface area contributed by atoms with Gasteiger partial charge in [-0.2, -0.15) is 0 Å². The summed E-state index contributed by atoms with van der Waals surface area (Å²) in [5.74, 6) is -0.106. The summed E-state index contributed by atoms with van der Waals surface area (Å²) in [5.41, 5.74) is 0.906. The van der Waals surface area contributed by atoms with Crippen LogP contribution < -0.4 is 0 Å². The first kappa shape index (κ1) is 7.73. The van der Waals surface area contributed by atoms with Crippen molar-refractivity contribution in [3.8, 4) is 0 Å². The number of ether oxygens (including phenoxy) is 1. The van der Waals surface area contributed by atoms with Gasteiger partial charge in [-0.1, -0.05) is 0 Å². The van der Waals surface area contributed by atoms with Gasteiger partial charge in [0.15, 0.2) is 0 Å². The van der Waals surface area contributed by atoms with Crippen LogP contribution in [0.2, 0.25) is 0 Å². The Bertz CT molecular complexity index is 308. The van der Waals surface area contributed by atoms with Crippen LogP contribution in [0.1, 0.15) is 29.6 Å². The van der Waals surface area contributed by atoms with Crippen LogP contribution in [-0.4, -0.2) is 11.0 Å². The van der Waals surface area contributed by atoms with E-state index in [0.29, 0.717) is 6.42 Å². The Hall–Kier alpha value is -0.900. The summed E-state index contributed by atoms with van der Waals surface area (Å²) < 4.78 is 5.07. The summed E-state index contributed by atoms with van der Waals surface area (Å²) in [5, 5.41) is 2.98. The van der Waals surface area contributed by atoms with Gasteiger partial charge < -0.3 is 4.74 Å². The number of carbonyl (C=O) groups is 1. The van der Waals surface area contributed by atoms with Crippen LogP contribution in [0.25, 0.3) is 0 Å². The molecule has 0 bridgehead atoms. The third-order valence-electron chi connectivity index (χ3n) is 1.85. The minimum Gasteiger partial charge on any atom is -0.456 e. The summed E-state index contributed by atoms with van der Waals surface area (Å²) in [6, 6.07) is 0. The van der Waals surface area contributed by atoms with E-state index in [2.05, 4.69) is 4.98 Å². The Balaban J connectivity index is 2.15. The number of cyclic esters (lactones) is 1. The second kappa shape index (κ2) is 2.86. The molecule has 1 aliphatic heterocycles. The van der Waals surface area contributed by atoms with Gasteiger partial charge in [-0.15, -0.1) is 11.3 Å². The highest BCUT2D eigenvalue weighted by Crippen LogP contribution is 2.29. The second-order valence-electron chi connectivity index (χ2n) is 2.81. The van der Waals surface area contributed by atoms with E-state index in [-0.39, 0.29) is 12.1 Å². The Kier molecular flexibility index (Phi) is 1.84. The highest BCUT2D eigenvalue weighted by molar-refractivity contribution is 7.09. The molecule has 1 unspecified atom stereocenters. The first-order valence-electron chi connectivity index (χ1n) is 3.87. The van der Waals surface area contributed by atoms with Crippen molar-refractivity contribution < 1.29 is 9.53 Å². The molecule has 1 atom stereocenters. The summed E-state index contributed by atoms with van der Waals surface area (Å²) in [7, 11) is 0. The molecule has 4 heteroatoms. The van der Waals surface area contributed by atoms with Gasteiger partial charge in [0.2, 0.25) is 0 Å². The lowest BCUT2D eigenvalue weighted by molar-refractivity contribution is -0.141. The van der Waals surface area contributed by atoms with Crippen molar-refractivity contribution in [2.75, 3.05) is 0 Å². The van der Waals surface area contributed by atoms with E-state index in [4.69, 9.17) is 4.74 Å². The summed E-state index contributed by atoms with van der Waals surface area (Å²) in [4.78, 5) is 15.1. The molecule has 1 aromatic heterocycles. The molecule has 1 fully saturated rings. The third-order valence-corrected chi connectivity index (χ3v) is 2.64. The van der Waals surface area contributed by atoms with Gasteiger partial charge >= 0.3 is 5.97 Å². The van der Waals surface area contributed by atoms with Gasteiger partial charge in [0, 0.05) is 18.2 Å². The van der Waals surface area contributed by atoms with Crippen LogP contribution in [0.4, 0.5) is 0 Å². The van der Waals surface area contributed by atoms with E-state index in [1.165, 1.54) is 0 Å². The number of thiazole rings is 1. The average Bonchev–Trinajstić information content (AvgIpc) is 2.58. The normalized spacial score (nSPS) is 22.8. The Morgan fingerprint density at radius 2 is 2.58 bits per heavy atom. The van der Waals surface area contributed by atoms with Crippen molar-refractivity contribution in [1.29, 1.82) is 0 Å². The SMILES string of the molecule is Cc1nc(C2CCC(=O)O2)cs1. The number of hydrogen-bond donors (Lipinski definition) is 0. The Morgan fingerprint density at radius 3 is 3.08 bits per heavy atom. The molecule has 0 aromatic carbocycles. The number of rotatable bonds is 1. The zero-order valence-corrected chi connectivity index (χ0v) is 7.56. The predicted molar refractivity (Wildman–Crippen MR) is 44.9 cm³/mol. The third kappa shape index (κ3) is 1.34. The largest absolute Gasteiger partial charge is 0.456 e. The van der Waals surface area contributed by atoms with E-state index >= 15 is 0 Å². The van der Waals surface area contributed by atoms with E-state index < -0.39 is 0 Å². The number of aromatic nitrogens is 1. The fraction of sp³-hybridized carbons (Fsp3) is 0.500. The minimum absolute atomic E-state index is 0.0811. The summed E-state index contributed by atoms with van der Waals surface area (Å²) in [6.45, 7) is 1.95. The number of hydrogen-bond acceptors (Lipinski definition) is 4. The van der Waals surface area contributed by atoms with Gasteiger partial charge in [-0.05, 0) is 6.92 Å². The van der Waals surface area contributed by atoms with Crippen LogP contribution in [0.5, 0.6) is 0 Å².